The molecule has 0 amide bonds. The van der Waals surface area contributed by atoms with E-state index in [0.717, 1.165) is 28.4 Å². The number of hydrogen-bond acceptors (Lipinski definition) is 6. The van der Waals surface area contributed by atoms with Crippen molar-refractivity contribution in [1.29, 1.82) is 0 Å². The van der Waals surface area contributed by atoms with Gasteiger partial charge in [-0.2, -0.15) is 4.98 Å². The molecular weight excluding hydrogens is 308 g/mol. The first-order valence-electron chi connectivity index (χ1n) is 7.39. The van der Waals surface area contributed by atoms with E-state index in [1.54, 1.807) is 0 Å². The van der Waals surface area contributed by atoms with Gasteiger partial charge in [-0.25, -0.2) is 13.8 Å². The Kier molecular flexibility index (Phi) is 3.02. The van der Waals surface area contributed by atoms with Crippen LogP contribution < -0.4 is 16.4 Å². The second kappa shape index (κ2) is 4.73. The molecule has 4 rings (SSSR count). The van der Waals surface area contributed by atoms with Gasteiger partial charge in [0.15, 0.2) is 5.82 Å². The highest BCUT2D eigenvalue weighted by Crippen LogP contribution is 2.43. The van der Waals surface area contributed by atoms with Crippen LogP contribution in [0.25, 0.3) is 10.2 Å². The number of rotatable bonds is 1. The maximum Gasteiger partial charge on any atom is 0.252 e. The van der Waals surface area contributed by atoms with Gasteiger partial charge in [0, 0.05) is 36.9 Å². The number of halogens is 2. The molecule has 1 saturated heterocycles. The van der Waals surface area contributed by atoms with E-state index in [0.29, 0.717) is 24.0 Å². The Bertz CT molecular complexity index is 744. The fourth-order valence-corrected chi connectivity index (χ4v) is 4.57. The monoisotopic (exact) mass is 325 g/mol. The van der Waals surface area contributed by atoms with Crippen molar-refractivity contribution in [2.24, 2.45) is 5.73 Å². The Balaban J connectivity index is 1.87. The summed E-state index contributed by atoms with van der Waals surface area (Å²) >= 11 is 1.53. The van der Waals surface area contributed by atoms with Gasteiger partial charge < -0.3 is 16.4 Å². The van der Waals surface area contributed by atoms with Crippen molar-refractivity contribution in [3.63, 3.8) is 0 Å². The third-order valence-corrected chi connectivity index (χ3v) is 5.67. The Labute approximate surface area is 130 Å². The van der Waals surface area contributed by atoms with Gasteiger partial charge in [0.25, 0.3) is 5.92 Å². The van der Waals surface area contributed by atoms with E-state index in [9.17, 15) is 8.78 Å². The van der Waals surface area contributed by atoms with Crippen molar-refractivity contribution in [2.45, 2.75) is 37.6 Å². The van der Waals surface area contributed by atoms with Crippen LogP contribution in [0.15, 0.2) is 0 Å². The molecule has 8 heteroatoms. The molecule has 1 fully saturated rings. The van der Waals surface area contributed by atoms with Crippen molar-refractivity contribution in [3.05, 3.63) is 10.4 Å². The summed E-state index contributed by atoms with van der Waals surface area (Å²) in [6.07, 6.45) is 0.939. The summed E-state index contributed by atoms with van der Waals surface area (Å²) in [5.74, 6) is -1.77. The number of nitrogens with zero attached hydrogens (tertiary/aromatic N) is 3. The summed E-state index contributed by atoms with van der Waals surface area (Å²) in [4.78, 5) is 11.7. The van der Waals surface area contributed by atoms with E-state index in [1.807, 2.05) is 0 Å². The Hall–Kier alpha value is -1.54. The maximum absolute atomic E-state index is 13.7. The van der Waals surface area contributed by atoms with Gasteiger partial charge >= 0.3 is 0 Å². The zero-order valence-corrected chi connectivity index (χ0v) is 12.8. The smallest absolute Gasteiger partial charge is 0.252 e. The van der Waals surface area contributed by atoms with Crippen molar-refractivity contribution in [1.82, 2.24) is 9.97 Å². The summed E-state index contributed by atoms with van der Waals surface area (Å²) in [6.45, 7) is 1.52. The number of nitrogens with two attached hydrogens (primary N) is 2. The molecule has 2 aromatic rings. The molecule has 1 unspecified atom stereocenters. The van der Waals surface area contributed by atoms with Crippen LogP contribution in [0.2, 0.25) is 0 Å². The zero-order chi connectivity index (χ0) is 15.5. The van der Waals surface area contributed by atoms with Crippen molar-refractivity contribution < 1.29 is 8.78 Å². The third-order valence-electron chi connectivity index (χ3n) is 4.39. The summed E-state index contributed by atoms with van der Waals surface area (Å²) in [5, 5.41) is 0. The van der Waals surface area contributed by atoms with Gasteiger partial charge in [0.1, 0.15) is 0 Å². The molecule has 1 aliphatic heterocycles. The highest BCUT2D eigenvalue weighted by Gasteiger charge is 2.37. The lowest BCUT2D eigenvalue weighted by Crippen LogP contribution is -2.27. The van der Waals surface area contributed by atoms with Crippen LogP contribution in [-0.2, 0) is 12.8 Å². The molecule has 118 valence electrons. The lowest BCUT2D eigenvalue weighted by molar-refractivity contribution is -0.0113. The van der Waals surface area contributed by atoms with Gasteiger partial charge in [0.2, 0.25) is 5.95 Å². The SMILES string of the molecule is Nc1nc(N2CCC(N)C2)c2sc3c(c2n1)CC(F)(F)CC3. The number of hydrogen-bond donors (Lipinski definition) is 2. The minimum absolute atomic E-state index is 0.0976. The maximum atomic E-state index is 13.7. The summed E-state index contributed by atoms with van der Waals surface area (Å²) in [7, 11) is 0. The number of fused-ring (bicyclic) bond motifs is 3. The lowest BCUT2D eigenvalue weighted by atomic mass is 9.95. The standard InChI is InChI=1S/C14H17F2N5S/c15-14(16)3-1-9-8(5-14)10-11(22-9)12(20-13(18)19-10)21-4-2-7(17)6-21/h7H,1-6,17H2,(H2,18,19,20). The summed E-state index contributed by atoms with van der Waals surface area (Å²) in [5.41, 5.74) is 13.0. The predicted octanol–water partition coefficient (Wildman–Crippen LogP) is 1.93. The number of alkyl halides is 2. The summed E-state index contributed by atoms with van der Waals surface area (Å²) in [6, 6.07) is 0.116. The molecular formula is C14H17F2N5S. The van der Waals surface area contributed by atoms with E-state index >= 15 is 0 Å². The zero-order valence-electron chi connectivity index (χ0n) is 12.0. The Morgan fingerprint density at radius 3 is 2.86 bits per heavy atom. The van der Waals surface area contributed by atoms with E-state index in [1.165, 1.54) is 11.3 Å². The minimum Gasteiger partial charge on any atom is -0.368 e. The van der Waals surface area contributed by atoms with Crippen LogP contribution in [0, 0.1) is 0 Å². The average Bonchev–Trinajstić information content (AvgIpc) is 3.01. The number of aryl methyl sites for hydroxylation is 1. The number of nitrogen functional groups attached to an aromatic ring is 1. The van der Waals surface area contributed by atoms with Gasteiger partial charge in [-0.1, -0.05) is 0 Å². The normalized spacial score (nSPS) is 24.0. The van der Waals surface area contributed by atoms with Gasteiger partial charge in [-0.15, -0.1) is 11.3 Å². The van der Waals surface area contributed by atoms with E-state index in [2.05, 4.69) is 14.9 Å². The van der Waals surface area contributed by atoms with E-state index in [4.69, 9.17) is 11.5 Å². The van der Waals surface area contributed by atoms with Gasteiger partial charge in [-0.3, -0.25) is 0 Å². The minimum atomic E-state index is -2.66. The van der Waals surface area contributed by atoms with Gasteiger partial charge in [0.05, 0.1) is 10.2 Å². The molecule has 1 atom stereocenters. The number of anilines is 2. The quantitative estimate of drug-likeness (QED) is 0.837. The molecule has 0 radical (unpaired) electrons. The first-order valence-corrected chi connectivity index (χ1v) is 8.21. The fourth-order valence-electron chi connectivity index (χ4n) is 3.29. The van der Waals surface area contributed by atoms with Gasteiger partial charge in [-0.05, 0) is 18.4 Å². The molecule has 0 bridgehead atoms. The number of aromatic nitrogens is 2. The average molecular weight is 325 g/mol. The Morgan fingerprint density at radius 1 is 1.32 bits per heavy atom. The second-order valence-corrected chi connectivity index (χ2v) is 7.22. The van der Waals surface area contributed by atoms with Crippen molar-refractivity contribution in [2.75, 3.05) is 23.7 Å². The molecule has 0 aromatic carbocycles. The molecule has 4 N–H and O–H groups in total. The predicted molar refractivity (Wildman–Crippen MR) is 83.6 cm³/mol. The first-order chi connectivity index (χ1) is 10.4. The Morgan fingerprint density at radius 2 is 2.14 bits per heavy atom. The van der Waals surface area contributed by atoms with E-state index < -0.39 is 5.92 Å². The first kappa shape index (κ1) is 14.1. The molecule has 1 aliphatic carbocycles. The lowest BCUT2D eigenvalue weighted by Gasteiger charge is -2.21. The van der Waals surface area contributed by atoms with E-state index in [-0.39, 0.29) is 24.8 Å². The fraction of sp³-hybridized carbons (Fsp3) is 0.571. The van der Waals surface area contributed by atoms with Crippen LogP contribution in [0.5, 0.6) is 0 Å². The van der Waals surface area contributed by atoms with Crippen LogP contribution >= 0.6 is 11.3 Å². The highest BCUT2D eigenvalue weighted by molar-refractivity contribution is 7.19. The van der Waals surface area contributed by atoms with Crippen LogP contribution in [0.1, 0.15) is 23.3 Å². The molecule has 2 aliphatic rings. The topological polar surface area (TPSA) is 81.1 Å². The molecule has 22 heavy (non-hydrogen) atoms. The molecule has 5 nitrogen and oxygen atoms in total. The highest BCUT2D eigenvalue weighted by atomic mass is 32.1. The molecule has 3 heterocycles. The molecule has 0 spiro atoms. The van der Waals surface area contributed by atoms with Crippen LogP contribution in [-0.4, -0.2) is 35.0 Å². The molecule has 0 saturated carbocycles. The van der Waals surface area contributed by atoms with Crippen LogP contribution in [0.3, 0.4) is 0 Å². The van der Waals surface area contributed by atoms with Crippen LogP contribution in [0.4, 0.5) is 20.5 Å². The van der Waals surface area contributed by atoms with Crippen molar-refractivity contribution >= 4 is 33.3 Å². The molecule has 2 aromatic heterocycles. The number of thiophene rings is 1. The summed E-state index contributed by atoms with van der Waals surface area (Å²) < 4.78 is 28.4. The second-order valence-electron chi connectivity index (χ2n) is 6.11. The van der Waals surface area contributed by atoms with Crippen molar-refractivity contribution in [3.8, 4) is 0 Å². The third kappa shape index (κ3) is 2.21. The largest absolute Gasteiger partial charge is 0.368 e.